The molecule has 0 spiro atoms. The van der Waals surface area contributed by atoms with Crippen molar-refractivity contribution in [2.24, 2.45) is 11.7 Å². The Morgan fingerprint density at radius 2 is 1.82 bits per heavy atom. The summed E-state index contributed by atoms with van der Waals surface area (Å²) in [4.78, 5) is 16.1. The molecule has 4 heteroatoms. The van der Waals surface area contributed by atoms with Crippen molar-refractivity contribution >= 4 is 5.91 Å². The van der Waals surface area contributed by atoms with Gasteiger partial charge in [0.15, 0.2) is 0 Å². The van der Waals surface area contributed by atoms with Gasteiger partial charge in [0.2, 0.25) is 5.91 Å². The van der Waals surface area contributed by atoms with Crippen molar-refractivity contribution in [1.29, 1.82) is 0 Å². The standard InChI is InChI=1S/C13H29N3O/c1-6-16(9-7-8-15(4)5)13(17)12(14)10-11(2)3/h11-12H,6-10,14H2,1-5H3/t12-/m1/s1. The van der Waals surface area contributed by atoms with E-state index < -0.39 is 0 Å². The highest BCUT2D eigenvalue weighted by Crippen LogP contribution is 2.06. The third-order valence-corrected chi connectivity index (χ3v) is 2.77. The third kappa shape index (κ3) is 7.34. The van der Waals surface area contributed by atoms with Gasteiger partial charge in [-0.2, -0.15) is 0 Å². The molecule has 0 aliphatic rings. The van der Waals surface area contributed by atoms with Gasteiger partial charge in [0, 0.05) is 13.1 Å². The summed E-state index contributed by atoms with van der Waals surface area (Å²) >= 11 is 0. The summed E-state index contributed by atoms with van der Waals surface area (Å²) in [5.74, 6) is 0.564. The van der Waals surface area contributed by atoms with Crippen LogP contribution >= 0.6 is 0 Å². The van der Waals surface area contributed by atoms with Gasteiger partial charge in [-0.25, -0.2) is 0 Å². The van der Waals surface area contributed by atoms with Gasteiger partial charge in [-0.05, 0) is 46.3 Å². The SMILES string of the molecule is CCN(CCCN(C)C)C(=O)[C@H](N)CC(C)C. The van der Waals surface area contributed by atoms with Gasteiger partial charge in [0.25, 0.3) is 0 Å². The van der Waals surface area contributed by atoms with Crippen LogP contribution in [0.25, 0.3) is 0 Å². The molecule has 1 amide bonds. The predicted molar refractivity (Wildman–Crippen MR) is 72.9 cm³/mol. The Morgan fingerprint density at radius 1 is 1.24 bits per heavy atom. The van der Waals surface area contributed by atoms with E-state index in [0.29, 0.717) is 5.92 Å². The fourth-order valence-corrected chi connectivity index (χ4v) is 1.85. The van der Waals surface area contributed by atoms with Crippen molar-refractivity contribution in [2.45, 2.75) is 39.7 Å². The molecule has 4 nitrogen and oxygen atoms in total. The van der Waals surface area contributed by atoms with Crippen LogP contribution in [0, 0.1) is 5.92 Å². The van der Waals surface area contributed by atoms with Crippen LogP contribution in [0.3, 0.4) is 0 Å². The predicted octanol–water partition coefficient (Wildman–Crippen LogP) is 1.16. The molecule has 0 heterocycles. The summed E-state index contributed by atoms with van der Waals surface area (Å²) in [7, 11) is 4.09. The maximum absolute atomic E-state index is 12.1. The van der Waals surface area contributed by atoms with E-state index >= 15 is 0 Å². The number of amides is 1. The van der Waals surface area contributed by atoms with Gasteiger partial charge < -0.3 is 15.5 Å². The van der Waals surface area contributed by atoms with Crippen LogP contribution in [-0.4, -0.2) is 55.5 Å². The Morgan fingerprint density at radius 3 is 2.24 bits per heavy atom. The summed E-state index contributed by atoms with van der Waals surface area (Å²) in [5.41, 5.74) is 5.92. The molecule has 0 rings (SSSR count). The minimum absolute atomic E-state index is 0.0972. The van der Waals surface area contributed by atoms with Crippen LogP contribution in [0.4, 0.5) is 0 Å². The normalized spacial score (nSPS) is 13.2. The second-order valence-electron chi connectivity index (χ2n) is 5.31. The molecule has 0 saturated carbocycles. The Balaban J connectivity index is 4.11. The first-order chi connectivity index (χ1) is 7.88. The monoisotopic (exact) mass is 243 g/mol. The summed E-state index contributed by atoms with van der Waals surface area (Å²) in [6, 6.07) is -0.339. The zero-order chi connectivity index (χ0) is 13.4. The largest absolute Gasteiger partial charge is 0.342 e. The van der Waals surface area contributed by atoms with Crippen molar-refractivity contribution < 1.29 is 4.79 Å². The molecule has 0 aromatic heterocycles. The van der Waals surface area contributed by atoms with E-state index in [-0.39, 0.29) is 11.9 Å². The van der Waals surface area contributed by atoms with Crippen molar-refractivity contribution in [3.05, 3.63) is 0 Å². The topological polar surface area (TPSA) is 49.6 Å². The second-order valence-corrected chi connectivity index (χ2v) is 5.31. The van der Waals surface area contributed by atoms with Crippen LogP contribution in [0.2, 0.25) is 0 Å². The highest BCUT2D eigenvalue weighted by molar-refractivity contribution is 5.81. The average Bonchev–Trinajstić information content (AvgIpc) is 2.22. The van der Waals surface area contributed by atoms with Crippen LogP contribution in [0.5, 0.6) is 0 Å². The molecule has 0 aliphatic carbocycles. The van der Waals surface area contributed by atoms with Crippen LogP contribution < -0.4 is 5.73 Å². The molecule has 0 aromatic rings. The lowest BCUT2D eigenvalue weighted by Gasteiger charge is -2.25. The Labute approximate surface area is 106 Å². The lowest BCUT2D eigenvalue weighted by molar-refractivity contribution is -0.132. The van der Waals surface area contributed by atoms with Crippen molar-refractivity contribution in [3.8, 4) is 0 Å². The first-order valence-electron chi connectivity index (χ1n) is 6.57. The fourth-order valence-electron chi connectivity index (χ4n) is 1.85. The number of hydrogen-bond donors (Lipinski definition) is 1. The van der Waals surface area contributed by atoms with E-state index in [9.17, 15) is 4.79 Å². The number of hydrogen-bond acceptors (Lipinski definition) is 3. The number of likely N-dealkylation sites (N-methyl/N-ethyl adjacent to an activating group) is 1. The van der Waals surface area contributed by atoms with Gasteiger partial charge in [-0.3, -0.25) is 4.79 Å². The van der Waals surface area contributed by atoms with Crippen LogP contribution in [-0.2, 0) is 4.79 Å². The smallest absolute Gasteiger partial charge is 0.239 e. The van der Waals surface area contributed by atoms with E-state index in [0.717, 1.165) is 32.5 Å². The summed E-state index contributed by atoms with van der Waals surface area (Å²) in [5, 5.41) is 0. The van der Waals surface area contributed by atoms with Crippen LogP contribution in [0.15, 0.2) is 0 Å². The number of carbonyl (C=O) groups excluding carboxylic acids is 1. The molecule has 0 bridgehead atoms. The van der Waals surface area contributed by atoms with E-state index in [1.54, 1.807) is 0 Å². The van der Waals surface area contributed by atoms with Crippen molar-refractivity contribution in [1.82, 2.24) is 9.80 Å². The van der Waals surface area contributed by atoms with E-state index in [1.807, 2.05) is 25.9 Å². The molecule has 0 aromatic carbocycles. The zero-order valence-corrected chi connectivity index (χ0v) is 12.1. The van der Waals surface area contributed by atoms with Crippen LogP contribution in [0.1, 0.15) is 33.6 Å². The molecule has 0 saturated heterocycles. The number of nitrogens with two attached hydrogens (primary N) is 1. The first kappa shape index (κ1) is 16.4. The molecule has 0 unspecified atom stereocenters. The number of nitrogens with zero attached hydrogens (tertiary/aromatic N) is 2. The Kier molecular flexibility index (Phi) is 8.17. The van der Waals surface area contributed by atoms with Crippen molar-refractivity contribution in [3.63, 3.8) is 0 Å². The molecule has 1 atom stereocenters. The molecular formula is C13H29N3O. The summed E-state index contributed by atoms with van der Waals surface area (Å²) in [6.45, 7) is 8.75. The molecule has 0 radical (unpaired) electrons. The van der Waals surface area contributed by atoms with E-state index in [2.05, 4.69) is 18.7 Å². The van der Waals surface area contributed by atoms with Crippen molar-refractivity contribution in [2.75, 3.05) is 33.7 Å². The van der Waals surface area contributed by atoms with Gasteiger partial charge in [-0.15, -0.1) is 0 Å². The van der Waals surface area contributed by atoms with Gasteiger partial charge in [0.1, 0.15) is 0 Å². The average molecular weight is 243 g/mol. The minimum atomic E-state index is -0.339. The summed E-state index contributed by atoms with van der Waals surface area (Å²) in [6.07, 6.45) is 1.77. The second kappa shape index (κ2) is 8.48. The molecule has 0 aliphatic heterocycles. The zero-order valence-electron chi connectivity index (χ0n) is 12.1. The lowest BCUT2D eigenvalue weighted by Crippen LogP contribution is -2.45. The molecule has 0 fully saturated rings. The molecule has 102 valence electrons. The fraction of sp³-hybridized carbons (Fsp3) is 0.923. The third-order valence-electron chi connectivity index (χ3n) is 2.77. The highest BCUT2D eigenvalue weighted by Gasteiger charge is 2.20. The lowest BCUT2D eigenvalue weighted by atomic mass is 10.0. The highest BCUT2D eigenvalue weighted by atomic mass is 16.2. The molecule has 17 heavy (non-hydrogen) atoms. The van der Waals surface area contributed by atoms with E-state index in [4.69, 9.17) is 5.73 Å². The number of carbonyl (C=O) groups is 1. The maximum atomic E-state index is 12.1. The summed E-state index contributed by atoms with van der Waals surface area (Å²) < 4.78 is 0. The maximum Gasteiger partial charge on any atom is 0.239 e. The Bertz CT molecular complexity index is 217. The quantitative estimate of drug-likeness (QED) is 0.696. The molecule has 2 N–H and O–H groups in total. The van der Waals surface area contributed by atoms with E-state index in [1.165, 1.54) is 0 Å². The van der Waals surface area contributed by atoms with Gasteiger partial charge in [-0.1, -0.05) is 13.8 Å². The first-order valence-corrected chi connectivity index (χ1v) is 6.57. The van der Waals surface area contributed by atoms with Gasteiger partial charge >= 0.3 is 0 Å². The molecular weight excluding hydrogens is 214 g/mol. The Hall–Kier alpha value is -0.610. The van der Waals surface area contributed by atoms with Gasteiger partial charge in [0.05, 0.1) is 6.04 Å². The number of rotatable bonds is 8. The minimum Gasteiger partial charge on any atom is -0.342 e.